The third kappa shape index (κ3) is 3.64. The molecule has 0 aromatic carbocycles. The van der Waals surface area contributed by atoms with Crippen molar-refractivity contribution in [2.24, 2.45) is 0 Å². The van der Waals surface area contributed by atoms with Crippen molar-refractivity contribution in [3.63, 3.8) is 0 Å². The first-order valence-electron chi connectivity index (χ1n) is 10.5. The molecular formula is C21H22F3N5O3. The molecule has 0 unspecified atom stereocenters. The summed E-state index contributed by atoms with van der Waals surface area (Å²) in [4.78, 5) is 37.0. The third-order valence-corrected chi connectivity index (χ3v) is 6.35. The van der Waals surface area contributed by atoms with Gasteiger partial charge < -0.3 is 14.5 Å². The second-order valence-electron chi connectivity index (χ2n) is 8.49. The quantitative estimate of drug-likeness (QED) is 0.660. The highest BCUT2D eigenvalue weighted by atomic mass is 19.4. The van der Waals surface area contributed by atoms with E-state index in [1.165, 1.54) is 22.9 Å². The van der Waals surface area contributed by atoms with Gasteiger partial charge in [-0.25, -0.2) is 0 Å². The number of carbonyl (C=O) groups is 1. The van der Waals surface area contributed by atoms with Crippen LogP contribution in [0.25, 0.3) is 0 Å². The summed E-state index contributed by atoms with van der Waals surface area (Å²) in [7, 11) is 0. The van der Waals surface area contributed by atoms with Gasteiger partial charge in [-0.15, -0.1) is 0 Å². The third-order valence-electron chi connectivity index (χ3n) is 6.35. The van der Waals surface area contributed by atoms with E-state index in [1.54, 1.807) is 13.0 Å². The SMILES string of the molecule is Cc1ccc(C(=O)CN2c3nc(N4C[C@H]5C[C@H]4CO5)cc(=O)n3CC[C@H]2C(F)(F)F)cn1. The fourth-order valence-electron chi connectivity index (χ4n) is 4.69. The molecule has 2 aromatic heterocycles. The maximum atomic E-state index is 13.9. The minimum Gasteiger partial charge on any atom is -0.374 e. The molecule has 3 aliphatic rings. The molecule has 0 spiro atoms. The van der Waals surface area contributed by atoms with E-state index < -0.39 is 30.1 Å². The minimum absolute atomic E-state index is 0.0372. The highest BCUT2D eigenvalue weighted by Gasteiger charge is 2.48. The van der Waals surface area contributed by atoms with E-state index in [4.69, 9.17) is 4.74 Å². The van der Waals surface area contributed by atoms with E-state index in [2.05, 4.69) is 9.97 Å². The molecule has 8 nitrogen and oxygen atoms in total. The predicted octanol–water partition coefficient (Wildman–Crippen LogP) is 1.95. The molecule has 0 radical (unpaired) electrons. The highest BCUT2D eigenvalue weighted by molar-refractivity contribution is 5.99. The van der Waals surface area contributed by atoms with Gasteiger partial charge in [-0.1, -0.05) is 0 Å². The molecule has 0 saturated carbocycles. The standard InChI is InChI=1S/C21H22F3N5O3/c1-12-2-3-13(8-25-12)16(30)10-29-17(21(22,23)24)4-5-27-19(31)7-18(26-20(27)29)28-9-15-6-14(28)11-32-15/h2-3,7-8,14-15,17H,4-6,9-11H2,1H3/t14-,15+,17-/m0/s1. The molecule has 3 atom stereocenters. The Morgan fingerprint density at radius 1 is 1.31 bits per heavy atom. The number of anilines is 2. The van der Waals surface area contributed by atoms with Gasteiger partial charge in [0.1, 0.15) is 11.9 Å². The van der Waals surface area contributed by atoms with Gasteiger partial charge in [-0.3, -0.25) is 19.1 Å². The van der Waals surface area contributed by atoms with Gasteiger partial charge in [0.15, 0.2) is 5.78 Å². The van der Waals surface area contributed by atoms with Crippen molar-refractivity contribution in [1.82, 2.24) is 14.5 Å². The number of rotatable bonds is 4. The van der Waals surface area contributed by atoms with Crippen molar-refractivity contribution in [2.75, 3.05) is 29.5 Å². The molecule has 3 aliphatic heterocycles. The number of ether oxygens (including phenoxy) is 1. The number of Topliss-reactive ketones (excluding diaryl/α,β-unsaturated/α-hetero) is 1. The Morgan fingerprint density at radius 3 is 2.75 bits per heavy atom. The Hall–Kier alpha value is -2.95. The second-order valence-corrected chi connectivity index (χ2v) is 8.49. The maximum Gasteiger partial charge on any atom is 0.408 e. The molecule has 2 fully saturated rings. The molecule has 2 saturated heterocycles. The highest BCUT2D eigenvalue weighted by Crippen LogP contribution is 2.36. The molecule has 2 aromatic rings. The van der Waals surface area contributed by atoms with Crippen molar-refractivity contribution in [2.45, 2.75) is 50.7 Å². The van der Waals surface area contributed by atoms with E-state index in [0.717, 1.165) is 11.3 Å². The molecule has 170 valence electrons. The first-order valence-corrected chi connectivity index (χ1v) is 10.5. The first-order chi connectivity index (χ1) is 15.2. The molecular weight excluding hydrogens is 427 g/mol. The van der Waals surface area contributed by atoms with Gasteiger partial charge in [0.2, 0.25) is 5.95 Å². The summed E-state index contributed by atoms with van der Waals surface area (Å²) in [5.74, 6) is -0.319. The van der Waals surface area contributed by atoms with Crippen LogP contribution < -0.4 is 15.4 Å². The summed E-state index contributed by atoms with van der Waals surface area (Å²) in [6.45, 7) is 2.12. The molecule has 11 heteroatoms. The van der Waals surface area contributed by atoms with Crippen molar-refractivity contribution in [1.29, 1.82) is 0 Å². The number of aromatic nitrogens is 3. The van der Waals surface area contributed by atoms with Crippen LogP contribution in [0.4, 0.5) is 24.9 Å². The topological polar surface area (TPSA) is 80.6 Å². The van der Waals surface area contributed by atoms with E-state index in [9.17, 15) is 22.8 Å². The number of hydrogen-bond acceptors (Lipinski definition) is 7. The van der Waals surface area contributed by atoms with Gasteiger partial charge in [-0.2, -0.15) is 18.2 Å². The Bertz CT molecular complexity index is 1100. The lowest BCUT2D eigenvalue weighted by molar-refractivity contribution is -0.152. The molecule has 32 heavy (non-hydrogen) atoms. The molecule has 0 N–H and O–H groups in total. The summed E-state index contributed by atoms with van der Waals surface area (Å²) in [6, 6.07) is 2.66. The van der Waals surface area contributed by atoms with Crippen LogP contribution in [0.15, 0.2) is 29.2 Å². The fourth-order valence-corrected chi connectivity index (χ4v) is 4.69. The Morgan fingerprint density at radius 2 is 2.12 bits per heavy atom. The average Bonchev–Trinajstić information content (AvgIpc) is 3.37. The van der Waals surface area contributed by atoms with Crippen LogP contribution in [0, 0.1) is 6.92 Å². The van der Waals surface area contributed by atoms with Gasteiger partial charge in [0, 0.05) is 36.6 Å². The predicted molar refractivity (Wildman–Crippen MR) is 109 cm³/mol. The summed E-state index contributed by atoms with van der Waals surface area (Å²) in [5.41, 5.74) is 0.477. The summed E-state index contributed by atoms with van der Waals surface area (Å²) in [5, 5.41) is 0. The zero-order valence-electron chi connectivity index (χ0n) is 17.4. The maximum absolute atomic E-state index is 13.9. The Kier molecular flexibility index (Phi) is 4.95. The normalized spacial score (nSPS) is 24.7. The number of fused-ring (bicyclic) bond motifs is 3. The van der Waals surface area contributed by atoms with E-state index in [-0.39, 0.29) is 36.6 Å². The number of carbonyl (C=O) groups excluding carboxylic acids is 1. The van der Waals surface area contributed by atoms with Gasteiger partial charge in [0.05, 0.1) is 25.3 Å². The van der Waals surface area contributed by atoms with Crippen LogP contribution in [-0.4, -0.2) is 64.4 Å². The second kappa shape index (κ2) is 7.58. The average molecular weight is 449 g/mol. The summed E-state index contributed by atoms with van der Waals surface area (Å²) in [6.07, 6.45) is -2.73. The van der Waals surface area contributed by atoms with Gasteiger partial charge >= 0.3 is 6.18 Å². The number of hydrogen-bond donors (Lipinski definition) is 0. The van der Waals surface area contributed by atoms with E-state index in [1.807, 2.05) is 4.90 Å². The largest absolute Gasteiger partial charge is 0.408 e. The molecule has 5 heterocycles. The molecule has 5 rings (SSSR count). The van der Waals surface area contributed by atoms with Crippen LogP contribution >= 0.6 is 0 Å². The molecule has 0 amide bonds. The monoisotopic (exact) mass is 449 g/mol. The molecule has 0 aliphatic carbocycles. The number of ketones is 1. The number of pyridine rings is 1. The number of aryl methyl sites for hydroxylation is 1. The summed E-state index contributed by atoms with van der Waals surface area (Å²) < 4.78 is 48.5. The minimum atomic E-state index is -4.58. The van der Waals surface area contributed by atoms with E-state index >= 15 is 0 Å². The van der Waals surface area contributed by atoms with Gasteiger partial charge in [0.25, 0.3) is 5.56 Å². The number of alkyl halides is 3. The number of nitrogens with zero attached hydrogens (tertiary/aromatic N) is 5. The zero-order chi connectivity index (χ0) is 22.6. The Balaban J connectivity index is 1.53. The van der Waals surface area contributed by atoms with Gasteiger partial charge in [-0.05, 0) is 31.9 Å². The van der Waals surface area contributed by atoms with Crippen LogP contribution in [0.5, 0.6) is 0 Å². The van der Waals surface area contributed by atoms with E-state index in [0.29, 0.717) is 24.7 Å². The fraction of sp³-hybridized carbons (Fsp3) is 0.524. The zero-order valence-corrected chi connectivity index (χ0v) is 17.4. The van der Waals surface area contributed by atoms with Crippen LogP contribution in [-0.2, 0) is 11.3 Å². The summed E-state index contributed by atoms with van der Waals surface area (Å²) >= 11 is 0. The van der Waals surface area contributed by atoms with Crippen molar-refractivity contribution in [3.8, 4) is 0 Å². The molecule has 2 bridgehead atoms. The number of morpholine rings is 1. The smallest absolute Gasteiger partial charge is 0.374 e. The number of halogens is 3. The van der Waals surface area contributed by atoms with Crippen LogP contribution in [0.1, 0.15) is 28.9 Å². The first kappa shape index (κ1) is 20.9. The van der Waals surface area contributed by atoms with Crippen molar-refractivity contribution >= 4 is 17.5 Å². The Labute approximate surface area is 181 Å². The van der Waals surface area contributed by atoms with Crippen molar-refractivity contribution < 1.29 is 22.7 Å². The lowest BCUT2D eigenvalue weighted by atomic mass is 10.1. The van der Waals surface area contributed by atoms with Crippen molar-refractivity contribution in [3.05, 3.63) is 46.0 Å². The van der Waals surface area contributed by atoms with Crippen LogP contribution in [0.2, 0.25) is 0 Å². The lowest BCUT2D eigenvalue weighted by Gasteiger charge is -2.39. The lowest BCUT2D eigenvalue weighted by Crippen LogP contribution is -2.54. The van der Waals surface area contributed by atoms with Crippen LogP contribution in [0.3, 0.4) is 0 Å².